The highest BCUT2D eigenvalue weighted by molar-refractivity contribution is 6.28. The Bertz CT molecular complexity index is 701. The summed E-state index contributed by atoms with van der Waals surface area (Å²) in [5.41, 5.74) is 2.89. The van der Waals surface area contributed by atoms with Crippen LogP contribution in [0.5, 0.6) is 0 Å². The first-order valence-electron chi connectivity index (χ1n) is 7.47. The number of hydrogen-bond acceptors (Lipinski definition) is 4. The van der Waals surface area contributed by atoms with E-state index < -0.39 is 5.79 Å². The van der Waals surface area contributed by atoms with Gasteiger partial charge in [0.05, 0.1) is 18.9 Å². The van der Waals surface area contributed by atoms with Gasteiger partial charge in [0, 0.05) is 24.5 Å². The minimum Gasteiger partial charge on any atom is -0.347 e. The summed E-state index contributed by atoms with van der Waals surface area (Å²) in [7, 11) is 0. The SMILES string of the molecule is CC1(c2ccccc2)CC2(Cc3cnc(Cl)nc31)OCCO2. The molecule has 5 heteroatoms. The first kappa shape index (κ1) is 14.1. The van der Waals surface area contributed by atoms with Gasteiger partial charge in [-0.15, -0.1) is 0 Å². The Morgan fingerprint density at radius 1 is 1.14 bits per heavy atom. The molecule has 1 aromatic carbocycles. The monoisotopic (exact) mass is 316 g/mol. The third kappa shape index (κ3) is 2.14. The molecule has 1 aromatic heterocycles. The lowest BCUT2D eigenvalue weighted by Gasteiger charge is -2.43. The number of benzene rings is 1. The molecule has 1 fully saturated rings. The molecule has 0 bridgehead atoms. The van der Waals surface area contributed by atoms with Crippen LogP contribution >= 0.6 is 11.6 Å². The summed E-state index contributed by atoms with van der Waals surface area (Å²) >= 11 is 6.06. The van der Waals surface area contributed by atoms with Gasteiger partial charge >= 0.3 is 0 Å². The predicted molar refractivity (Wildman–Crippen MR) is 82.9 cm³/mol. The van der Waals surface area contributed by atoms with Crippen molar-refractivity contribution in [1.29, 1.82) is 0 Å². The van der Waals surface area contributed by atoms with E-state index in [0.717, 1.165) is 17.7 Å². The molecule has 1 aliphatic carbocycles. The highest BCUT2D eigenvalue weighted by Crippen LogP contribution is 2.48. The second-order valence-electron chi connectivity index (χ2n) is 6.17. The number of rotatable bonds is 1. The quantitative estimate of drug-likeness (QED) is 0.758. The summed E-state index contributed by atoms with van der Waals surface area (Å²) < 4.78 is 11.9. The Hall–Kier alpha value is -1.49. The Kier molecular flexibility index (Phi) is 3.22. The van der Waals surface area contributed by atoms with Crippen LogP contribution in [0.15, 0.2) is 36.5 Å². The van der Waals surface area contributed by atoms with Gasteiger partial charge in [0.25, 0.3) is 0 Å². The first-order chi connectivity index (χ1) is 10.6. The largest absolute Gasteiger partial charge is 0.347 e. The summed E-state index contributed by atoms with van der Waals surface area (Å²) in [5.74, 6) is -0.575. The number of hydrogen-bond donors (Lipinski definition) is 0. The van der Waals surface area contributed by atoms with Crippen molar-refractivity contribution in [2.75, 3.05) is 13.2 Å². The molecule has 0 radical (unpaired) electrons. The van der Waals surface area contributed by atoms with E-state index in [1.165, 1.54) is 5.56 Å². The molecule has 2 heterocycles. The number of fused-ring (bicyclic) bond motifs is 1. The lowest BCUT2D eigenvalue weighted by molar-refractivity contribution is -0.173. The van der Waals surface area contributed by atoms with Crippen LogP contribution in [0.2, 0.25) is 5.28 Å². The molecule has 0 amide bonds. The molecule has 22 heavy (non-hydrogen) atoms. The van der Waals surface area contributed by atoms with E-state index in [2.05, 4.69) is 29.0 Å². The fourth-order valence-corrected chi connectivity index (χ4v) is 3.85. The molecule has 4 nitrogen and oxygen atoms in total. The van der Waals surface area contributed by atoms with E-state index >= 15 is 0 Å². The van der Waals surface area contributed by atoms with Crippen molar-refractivity contribution in [3.8, 4) is 0 Å². The summed E-state index contributed by atoms with van der Waals surface area (Å²) in [6.07, 6.45) is 3.20. The van der Waals surface area contributed by atoms with E-state index in [-0.39, 0.29) is 10.7 Å². The number of halogens is 1. The second-order valence-corrected chi connectivity index (χ2v) is 6.51. The van der Waals surface area contributed by atoms with Crippen LogP contribution in [0, 0.1) is 0 Å². The lowest BCUT2D eigenvalue weighted by atomic mass is 9.68. The van der Waals surface area contributed by atoms with Crippen LogP contribution in [-0.4, -0.2) is 29.0 Å². The van der Waals surface area contributed by atoms with Gasteiger partial charge in [-0.2, -0.15) is 0 Å². The first-order valence-corrected chi connectivity index (χ1v) is 7.85. The Morgan fingerprint density at radius 3 is 2.59 bits per heavy atom. The molecule has 1 spiro atoms. The maximum Gasteiger partial charge on any atom is 0.222 e. The van der Waals surface area contributed by atoms with E-state index in [1.807, 2.05) is 18.2 Å². The van der Waals surface area contributed by atoms with Crippen LogP contribution in [0.3, 0.4) is 0 Å². The molecule has 1 unspecified atom stereocenters. The van der Waals surface area contributed by atoms with Gasteiger partial charge in [0.1, 0.15) is 0 Å². The zero-order valence-electron chi connectivity index (χ0n) is 12.4. The summed E-state index contributed by atoms with van der Waals surface area (Å²) in [6, 6.07) is 10.3. The second kappa shape index (κ2) is 5.01. The number of nitrogens with zero attached hydrogens (tertiary/aromatic N) is 2. The van der Waals surface area contributed by atoms with Crippen LogP contribution in [0.4, 0.5) is 0 Å². The summed E-state index contributed by atoms with van der Waals surface area (Å²) in [5, 5.41) is 0.283. The van der Waals surface area contributed by atoms with Crippen LogP contribution in [0.25, 0.3) is 0 Å². The van der Waals surface area contributed by atoms with E-state index in [4.69, 9.17) is 21.1 Å². The van der Waals surface area contributed by atoms with E-state index in [9.17, 15) is 0 Å². The standard InChI is InChI=1S/C17H17ClN2O2/c1-16(13-5-3-2-4-6-13)11-17(21-7-8-22-17)9-12-10-19-15(18)20-14(12)16/h2-6,10H,7-9,11H2,1H3. The van der Waals surface area contributed by atoms with Crippen molar-refractivity contribution in [1.82, 2.24) is 9.97 Å². The minimum absolute atomic E-state index is 0.283. The fraction of sp³-hybridized carbons (Fsp3) is 0.412. The maximum atomic E-state index is 6.06. The van der Waals surface area contributed by atoms with Gasteiger partial charge in [-0.25, -0.2) is 9.97 Å². The lowest BCUT2D eigenvalue weighted by Crippen LogP contribution is -2.47. The van der Waals surface area contributed by atoms with Gasteiger partial charge in [-0.1, -0.05) is 30.3 Å². The average Bonchev–Trinajstić information content (AvgIpc) is 2.97. The number of aromatic nitrogens is 2. The molecule has 0 saturated carbocycles. The zero-order valence-corrected chi connectivity index (χ0v) is 13.1. The molecule has 1 saturated heterocycles. The fourth-order valence-electron chi connectivity index (χ4n) is 3.71. The summed E-state index contributed by atoms with van der Waals surface area (Å²) in [6.45, 7) is 3.44. The molecular formula is C17H17ClN2O2. The summed E-state index contributed by atoms with van der Waals surface area (Å²) in [4.78, 5) is 8.69. The minimum atomic E-state index is -0.575. The molecular weight excluding hydrogens is 300 g/mol. The third-order valence-electron chi connectivity index (χ3n) is 4.66. The van der Waals surface area contributed by atoms with Crippen molar-refractivity contribution in [2.45, 2.75) is 31.0 Å². The zero-order chi connectivity index (χ0) is 15.2. The van der Waals surface area contributed by atoms with Gasteiger partial charge in [0.15, 0.2) is 5.79 Å². The highest BCUT2D eigenvalue weighted by Gasteiger charge is 2.50. The van der Waals surface area contributed by atoms with Crippen molar-refractivity contribution in [2.24, 2.45) is 0 Å². The molecule has 2 aromatic rings. The highest BCUT2D eigenvalue weighted by atomic mass is 35.5. The van der Waals surface area contributed by atoms with Crippen LogP contribution in [0.1, 0.15) is 30.2 Å². The third-order valence-corrected chi connectivity index (χ3v) is 4.85. The van der Waals surface area contributed by atoms with E-state index in [1.54, 1.807) is 6.20 Å². The van der Waals surface area contributed by atoms with Gasteiger partial charge in [0.2, 0.25) is 5.28 Å². The molecule has 114 valence electrons. The van der Waals surface area contributed by atoms with Crippen LogP contribution < -0.4 is 0 Å². The van der Waals surface area contributed by atoms with Crippen molar-refractivity contribution >= 4 is 11.6 Å². The molecule has 2 aliphatic rings. The van der Waals surface area contributed by atoms with Crippen LogP contribution in [-0.2, 0) is 21.3 Å². The molecule has 4 rings (SSSR count). The van der Waals surface area contributed by atoms with Gasteiger partial charge in [-0.3, -0.25) is 0 Å². The Balaban J connectivity index is 1.90. The molecule has 1 atom stereocenters. The van der Waals surface area contributed by atoms with Crippen molar-refractivity contribution in [3.05, 3.63) is 58.6 Å². The smallest absolute Gasteiger partial charge is 0.222 e. The topological polar surface area (TPSA) is 44.2 Å². The molecule has 1 aliphatic heterocycles. The molecule has 0 N–H and O–H groups in total. The van der Waals surface area contributed by atoms with Gasteiger partial charge in [-0.05, 0) is 29.7 Å². The Labute approximate surface area is 134 Å². The van der Waals surface area contributed by atoms with Crippen molar-refractivity contribution < 1.29 is 9.47 Å². The van der Waals surface area contributed by atoms with Gasteiger partial charge < -0.3 is 9.47 Å². The Morgan fingerprint density at radius 2 is 1.86 bits per heavy atom. The van der Waals surface area contributed by atoms with Crippen molar-refractivity contribution in [3.63, 3.8) is 0 Å². The number of ether oxygens (including phenoxy) is 2. The average molecular weight is 317 g/mol. The normalized spacial score (nSPS) is 26.1. The van der Waals surface area contributed by atoms with E-state index in [0.29, 0.717) is 19.6 Å². The predicted octanol–water partition coefficient (Wildman–Crippen LogP) is 3.13. The maximum absolute atomic E-state index is 6.06.